The van der Waals surface area contributed by atoms with E-state index in [4.69, 9.17) is 25.8 Å². The quantitative estimate of drug-likeness (QED) is 0.867. The van der Waals surface area contributed by atoms with Gasteiger partial charge in [0, 0.05) is 11.8 Å². The van der Waals surface area contributed by atoms with Gasteiger partial charge in [-0.25, -0.2) is 0 Å². The molecule has 1 heterocycles. The van der Waals surface area contributed by atoms with E-state index < -0.39 is 0 Å². The second-order valence-corrected chi connectivity index (χ2v) is 5.19. The van der Waals surface area contributed by atoms with Crippen molar-refractivity contribution < 1.29 is 19.0 Å². The van der Waals surface area contributed by atoms with Crippen molar-refractivity contribution in [2.45, 2.75) is 0 Å². The van der Waals surface area contributed by atoms with Crippen LogP contribution in [0.4, 0.5) is 5.69 Å². The number of rotatable bonds is 4. The number of hydrogen-bond acceptors (Lipinski definition) is 4. The molecule has 0 radical (unpaired) electrons. The van der Waals surface area contributed by atoms with Crippen LogP contribution in [-0.2, 0) is 4.79 Å². The van der Waals surface area contributed by atoms with Crippen LogP contribution >= 0.6 is 11.6 Å². The maximum Gasteiger partial charge on any atom is 0.248 e. The van der Waals surface area contributed by atoms with E-state index in [0.717, 1.165) is 5.56 Å². The lowest BCUT2D eigenvalue weighted by Crippen LogP contribution is -2.07. The van der Waals surface area contributed by atoms with Crippen LogP contribution in [0.25, 0.3) is 6.08 Å². The zero-order valence-electron chi connectivity index (χ0n) is 12.3. The van der Waals surface area contributed by atoms with E-state index >= 15 is 0 Å². The molecule has 2 aromatic carbocycles. The second-order valence-electron chi connectivity index (χ2n) is 4.78. The van der Waals surface area contributed by atoms with Crippen LogP contribution in [0.2, 0.25) is 5.02 Å². The maximum absolute atomic E-state index is 12.0. The van der Waals surface area contributed by atoms with Gasteiger partial charge in [0.05, 0.1) is 12.1 Å². The van der Waals surface area contributed by atoms with Crippen molar-refractivity contribution in [3.63, 3.8) is 0 Å². The monoisotopic (exact) mass is 331 g/mol. The minimum Gasteiger partial charge on any atom is -0.495 e. The fraction of sp³-hybridized carbons (Fsp3) is 0.118. The van der Waals surface area contributed by atoms with Crippen molar-refractivity contribution in [2.24, 2.45) is 0 Å². The van der Waals surface area contributed by atoms with Gasteiger partial charge in [0.15, 0.2) is 11.5 Å². The predicted molar refractivity (Wildman–Crippen MR) is 88.2 cm³/mol. The molecule has 0 aromatic heterocycles. The summed E-state index contributed by atoms with van der Waals surface area (Å²) in [6.07, 6.45) is 3.14. The molecule has 118 valence electrons. The molecular weight excluding hydrogens is 318 g/mol. The van der Waals surface area contributed by atoms with E-state index in [0.29, 0.717) is 28.0 Å². The van der Waals surface area contributed by atoms with Crippen molar-refractivity contribution in [1.82, 2.24) is 0 Å². The summed E-state index contributed by atoms with van der Waals surface area (Å²) in [5.74, 6) is 1.68. The Balaban J connectivity index is 1.66. The zero-order chi connectivity index (χ0) is 16.2. The average molecular weight is 332 g/mol. The molecule has 6 heteroatoms. The van der Waals surface area contributed by atoms with Crippen molar-refractivity contribution in [3.8, 4) is 17.2 Å². The largest absolute Gasteiger partial charge is 0.495 e. The molecule has 0 saturated heterocycles. The number of benzene rings is 2. The van der Waals surface area contributed by atoms with Crippen molar-refractivity contribution in [1.29, 1.82) is 0 Å². The minimum atomic E-state index is -0.260. The van der Waals surface area contributed by atoms with Crippen molar-refractivity contribution in [2.75, 3.05) is 19.2 Å². The molecule has 0 spiro atoms. The van der Waals surface area contributed by atoms with Gasteiger partial charge in [-0.2, -0.15) is 0 Å². The third kappa shape index (κ3) is 3.57. The molecule has 2 aromatic rings. The smallest absolute Gasteiger partial charge is 0.248 e. The molecule has 1 amide bonds. The van der Waals surface area contributed by atoms with Crippen molar-refractivity contribution >= 4 is 29.3 Å². The summed E-state index contributed by atoms with van der Waals surface area (Å²) in [7, 11) is 1.54. The lowest BCUT2D eigenvalue weighted by Gasteiger charge is -2.06. The third-order valence-electron chi connectivity index (χ3n) is 3.24. The average Bonchev–Trinajstić information content (AvgIpc) is 3.01. The van der Waals surface area contributed by atoms with E-state index in [1.165, 1.54) is 13.2 Å². The Hall–Kier alpha value is -2.66. The lowest BCUT2D eigenvalue weighted by molar-refractivity contribution is -0.111. The normalized spacial score (nSPS) is 12.4. The SMILES string of the molecule is COc1ccc(NC(=O)/C=C/c2ccc3c(c2)OCO3)cc1Cl. The summed E-state index contributed by atoms with van der Waals surface area (Å²) in [5.41, 5.74) is 1.44. The fourth-order valence-electron chi connectivity index (χ4n) is 2.12. The van der Waals surface area contributed by atoms with Gasteiger partial charge in [-0.15, -0.1) is 0 Å². The van der Waals surface area contributed by atoms with E-state index in [1.807, 2.05) is 18.2 Å². The first-order valence-corrected chi connectivity index (χ1v) is 7.26. The van der Waals surface area contributed by atoms with Crippen LogP contribution in [-0.4, -0.2) is 19.8 Å². The summed E-state index contributed by atoms with van der Waals surface area (Å²) in [6.45, 7) is 0.223. The van der Waals surface area contributed by atoms with E-state index in [1.54, 1.807) is 24.3 Å². The molecule has 1 aliphatic rings. The van der Waals surface area contributed by atoms with Crippen LogP contribution in [0, 0.1) is 0 Å². The van der Waals surface area contributed by atoms with Gasteiger partial charge in [0.1, 0.15) is 5.75 Å². The van der Waals surface area contributed by atoms with E-state index in [9.17, 15) is 4.79 Å². The molecular formula is C17H14ClNO4. The summed E-state index contributed by atoms with van der Waals surface area (Å²) in [4.78, 5) is 12.0. The topological polar surface area (TPSA) is 56.8 Å². The van der Waals surface area contributed by atoms with Gasteiger partial charge < -0.3 is 19.5 Å². The molecule has 0 bridgehead atoms. The Morgan fingerprint density at radius 3 is 2.83 bits per heavy atom. The maximum atomic E-state index is 12.0. The van der Waals surface area contributed by atoms with Gasteiger partial charge in [-0.05, 0) is 42.0 Å². The highest BCUT2D eigenvalue weighted by molar-refractivity contribution is 6.32. The van der Waals surface area contributed by atoms with Crippen LogP contribution < -0.4 is 19.5 Å². The molecule has 0 aliphatic carbocycles. The number of nitrogens with one attached hydrogen (secondary N) is 1. The highest BCUT2D eigenvalue weighted by Gasteiger charge is 2.12. The molecule has 1 N–H and O–H groups in total. The molecule has 5 nitrogen and oxygen atoms in total. The first-order chi connectivity index (χ1) is 11.2. The fourth-order valence-corrected chi connectivity index (χ4v) is 2.37. The van der Waals surface area contributed by atoms with Crippen LogP contribution in [0.3, 0.4) is 0 Å². The van der Waals surface area contributed by atoms with Crippen LogP contribution in [0.15, 0.2) is 42.5 Å². The highest BCUT2D eigenvalue weighted by Crippen LogP contribution is 2.32. The number of carbonyl (C=O) groups is 1. The predicted octanol–water partition coefficient (Wildman–Crippen LogP) is 3.73. The summed E-state index contributed by atoms with van der Waals surface area (Å²) >= 11 is 6.02. The molecule has 0 fully saturated rings. The number of halogens is 1. The van der Waals surface area contributed by atoms with Crippen LogP contribution in [0.1, 0.15) is 5.56 Å². The van der Waals surface area contributed by atoms with E-state index in [2.05, 4.69) is 5.32 Å². The Kier molecular flexibility index (Phi) is 4.39. The lowest BCUT2D eigenvalue weighted by atomic mass is 10.2. The summed E-state index contributed by atoms with van der Waals surface area (Å²) in [5, 5.41) is 3.17. The Morgan fingerprint density at radius 1 is 1.22 bits per heavy atom. The molecule has 0 saturated carbocycles. The second kappa shape index (κ2) is 6.62. The van der Waals surface area contributed by atoms with Gasteiger partial charge in [0.2, 0.25) is 12.7 Å². The van der Waals surface area contributed by atoms with Crippen LogP contribution in [0.5, 0.6) is 17.2 Å². The Bertz CT molecular complexity index is 773. The van der Waals surface area contributed by atoms with Gasteiger partial charge >= 0.3 is 0 Å². The Labute approximate surface area is 138 Å². The number of anilines is 1. The number of fused-ring (bicyclic) bond motifs is 1. The summed E-state index contributed by atoms with van der Waals surface area (Å²) in [6, 6.07) is 10.5. The number of amides is 1. The summed E-state index contributed by atoms with van der Waals surface area (Å²) < 4.78 is 15.6. The number of carbonyl (C=O) groups excluding carboxylic acids is 1. The molecule has 3 rings (SSSR count). The van der Waals surface area contributed by atoms with E-state index in [-0.39, 0.29) is 12.7 Å². The standard InChI is InChI=1S/C17H14ClNO4/c1-21-14-6-4-12(9-13(14)18)19-17(20)7-3-11-2-5-15-16(8-11)23-10-22-15/h2-9H,10H2,1H3,(H,19,20)/b7-3+. The number of methoxy groups -OCH3 is 1. The molecule has 1 aliphatic heterocycles. The number of hydrogen-bond donors (Lipinski definition) is 1. The van der Waals surface area contributed by atoms with Gasteiger partial charge in [-0.3, -0.25) is 4.79 Å². The highest BCUT2D eigenvalue weighted by atomic mass is 35.5. The first-order valence-electron chi connectivity index (χ1n) is 6.88. The molecule has 0 atom stereocenters. The zero-order valence-corrected chi connectivity index (χ0v) is 13.1. The first kappa shape index (κ1) is 15.2. The molecule has 0 unspecified atom stereocenters. The number of ether oxygens (including phenoxy) is 3. The molecule has 23 heavy (non-hydrogen) atoms. The van der Waals surface area contributed by atoms with Gasteiger partial charge in [-0.1, -0.05) is 17.7 Å². The third-order valence-corrected chi connectivity index (χ3v) is 3.54. The Morgan fingerprint density at radius 2 is 2.04 bits per heavy atom. The van der Waals surface area contributed by atoms with Crippen molar-refractivity contribution in [3.05, 3.63) is 53.1 Å². The van der Waals surface area contributed by atoms with Gasteiger partial charge in [0.25, 0.3) is 0 Å². The minimum absolute atomic E-state index is 0.223.